The van der Waals surface area contributed by atoms with Crippen molar-refractivity contribution in [3.63, 3.8) is 0 Å². The maximum Gasteiger partial charge on any atom is 0.338 e. The van der Waals surface area contributed by atoms with Crippen LogP contribution < -0.4 is 10.6 Å². The second kappa shape index (κ2) is 10.9. The number of furan rings is 1. The molecule has 1 aliphatic heterocycles. The van der Waals surface area contributed by atoms with Crippen molar-refractivity contribution >= 4 is 23.6 Å². The number of amides is 2. The average molecular weight is 472 g/mol. The Balaban J connectivity index is 1.71. The third-order valence-corrected chi connectivity index (χ3v) is 6.50. The zero-order valence-electron chi connectivity index (χ0n) is 18.8. The van der Waals surface area contributed by atoms with Gasteiger partial charge in [0.05, 0.1) is 31.0 Å². The summed E-state index contributed by atoms with van der Waals surface area (Å²) in [6.45, 7) is 3.04. The molecular formula is C25H30ClN3O4. The summed E-state index contributed by atoms with van der Waals surface area (Å²) in [6.07, 6.45) is 7.40. The van der Waals surface area contributed by atoms with Gasteiger partial charge in [0.2, 0.25) is 0 Å². The Kier molecular flexibility index (Phi) is 7.73. The standard InChI is InChI=1S/C25H30ClN3O4/c1-2-32-24(30)22-21(27-25(31)28-23(22)17-10-12-18(26)13-11-17)16-29(15-20-9-6-14-33-20)19-7-4-3-5-8-19/h6,9-14,19,23H,2-5,7-8,15-16H2,1H3,(H2,27,28,31)/t23-/m1/s1. The lowest BCUT2D eigenvalue weighted by molar-refractivity contribution is -0.139. The molecule has 2 amide bonds. The molecule has 2 aliphatic rings. The highest BCUT2D eigenvalue weighted by atomic mass is 35.5. The molecule has 2 N–H and O–H groups in total. The smallest absolute Gasteiger partial charge is 0.338 e. The maximum atomic E-state index is 13.1. The lowest BCUT2D eigenvalue weighted by Gasteiger charge is -2.37. The predicted octanol–water partition coefficient (Wildman–Crippen LogP) is 4.94. The van der Waals surface area contributed by atoms with Crippen LogP contribution in [0.3, 0.4) is 0 Å². The van der Waals surface area contributed by atoms with Gasteiger partial charge in [-0.15, -0.1) is 0 Å². The van der Waals surface area contributed by atoms with Crippen LogP contribution in [0.2, 0.25) is 5.02 Å². The van der Waals surface area contributed by atoms with Crippen LogP contribution in [-0.4, -0.2) is 36.1 Å². The molecule has 4 rings (SSSR count). The fourth-order valence-electron chi connectivity index (χ4n) is 4.66. The predicted molar refractivity (Wildman–Crippen MR) is 126 cm³/mol. The summed E-state index contributed by atoms with van der Waals surface area (Å²) in [5.74, 6) is 0.412. The van der Waals surface area contributed by atoms with Gasteiger partial charge in [0.25, 0.3) is 0 Å². The van der Waals surface area contributed by atoms with Gasteiger partial charge in [-0.3, -0.25) is 4.90 Å². The topological polar surface area (TPSA) is 83.8 Å². The molecule has 2 heterocycles. The number of hydrogen-bond donors (Lipinski definition) is 2. The molecule has 0 bridgehead atoms. The Morgan fingerprint density at radius 3 is 2.58 bits per heavy atom. The van der Waals surface area contributed by atoms with E-state index in [9.17, 15) is 9.59 Å². The molecule has 0 unspecified atom stereocenters. The Bertz CT molecular complexity index is 982. The van der Waals surface area contributed by atoms with Crippen molar-refractivity contribution in [1.29, 1.82) is 0 Å². The van der Waals surface area contributed by atoms with Crippen molar-refractivity contribution in [3.05, 3.63) is 70.3 Å². The second-order valence-electron chi connectivity index (χ2n) is 8.47. The summed E-state index contributed by atoms with van der Waals surface area (Å²) in [4.78, 5) is 28.1. The minimum atomic E-state index is -0.623. The Hall–Kier alpha value is -2.77. The summed E-state index contributed by atoms with van der Waals surface area (Å²) in [5.41, 5.74) is 1.75. The van der Waals surface area contributed by atoms with Gasteiger partial charge in [0.1, 0.15) is 5.76 Å². The van der Waals surface area contributed by atoms with Crippen LogP contribution in [0.5, 0.6) is 0 Å². The van der Waals surface area contributed by atoms with Crippen LogP contribution >= 0.6 is 11.6 Å². The van der Waals surface area contributed by atoms with E-state index >= 15 is 0 Å². The first-order valence-corrected chi connectivity index (χ1v) is 11.9. The van der Waals surface area contributed by atoms with Gasteiger partial charge in [-0.1, -0.05) is 43.0 Å². The molecule has 0 saturated heterocycles. The zero-order valence-corrected chi connectivity index (χ0v) is 19.6. The number of urea groups is 1. The lowest BCUT2D eigenvalue weighted by atomic mass is 9.92. The molecule has 8 heteroatoms. The lowest BCUT2D eigenvalue weighted by Crippen LogP contribution is -2.49. The number of carbonyl (C=O) groups excluding carboxylic acids is 2. The van der Waals surface area contributed by atoms with Crippen molar-refractivity contribution in [1.82, 2.24) is 15.5 Å². The third kappa shape index (κ3) is 5.78. The van der Waals surface area contributed by atoms with Gasteiger partial charge in [-0.2, -0.15) is 0 Å². The highest BCUT2D eigenvalue weighted by Crippen LogP contribution is 2.31. The SMILES string of the molecule is CCOC(=O)C1=C(CN(Cc2ccco2)C2CCCCC2)NC(=O)N[C@@H]1c1ccc(Cl)cc1. The van der Waals surface area contributed by atoms with Gasteiger partial charge in [0.15, 0.2) is 0 Å². The molecule has 1 atom stereocenters. The minimum Gasteiger partial charge on any atom is -0.468 e. The normalized spacial score (nSPS) is 19.4. The van der Waals surface area contributed by atoms with Crippen LogP contribution in [0.4, 0.5) is 4.79 Å². The Labute approximate surface area is 199 Å². The first-order chi connectivity index (χ1) is 16.0. The second-order valence-corrected chi connectivity index (χ2v) is 8.91. The average Bonchev–Trinajstić information content (AvgIpc) is 3.33. The van der Waals surface area contributed by atoms with Gasteiger partial charge in [-0.25, -0.2) is 9.59 Å². The van der Waals surface area contributed by atoms with Crippen molar-refractivity contribution in [2.75, 3.05) is 13.2 Å². The van der Waals surface area contributed by atoms with Crippen molar-refractivity contribution in [2.24, 2.45) is 0 Å². The van der Waals surface area contributed by atoms with E-state index in [0.29, 0.717) is 35.4 Å². The van der Waals surface area contributed by atoms with Crippen molar-refractivity contribution < 1.29 is 18.7 Å². The number of hydrogen-bond acceptors (Lipinski definition) is 5. The molecule has 0 radical (unpaired) electrons. The van der Waals surface area contributed by atoms with E-state index in [-0.39, 0.29) is 12.6 Å². The molecule has 7 nitrogen and oxygen atoms in total. The van der Waals surface area contributed by atoms with Crippen LogP contribution in [0.25, 0.3) is 0 Å². The fourth-order valence-corrected chi connectivity index (χ4v) is 4.79. The summed E-state index contributed by atoms with van der Waals surface area (Å²) >= 11 is 6.06. The van der Waals surface area contributed by atoms with Gasteiger partial charge in [0, 0.05) is 23.3 Å². The van der Waals surface area contributed by atoms with E-state index in [1.54, 1.807) is 25.3 Å². The highest BCUT2D eigenvalue weighted by molar-refractivity contribution is 6.30. The molecular weight excluding hydrogens is 442 g/mol. The molecule has 1 fully saturated rings. The number of nitrogens with one attached hydrogen (secondary N) is 2. The van der Waals surface area contributed by atoms with E-state index in [0.717, 1.165) is 24.2 Å². The van der Waals surface area contributed by atoms with E-state index in [1.807, 2.05) is 24.3 Å². The van der Waals surface area contributed by atoms with E-state index < -0.39 is 12.0 Å². The summed E-state index contributed by atoms with van der Waals surface area (Å²) in [5, 5.41) is 6.36. The van der Waals surface area contributed by atoms with Crippen molar-refractivity contribution in [3.8, 4) is 0 Å². The monoisotopic (exact) mass is 471 g/mol. The van der Waals surface area contributed by atoms with E-state index in [1.165, 1.54) is 19.3 Å². The number of carbonyl (C=O) groups is 2. The third-order valence-electron chi connectivity index (χ3n) is 6.24. The minimum absolute atomic E-state index is 0.246. The van der Waals surface area contributed by atoms with E-state index in [4.69, 9.17) is 20.8 Å². The van der Waals surface area contributed by atoms with Crippen LogP contribution in [0, 0.1) is 0 Å². The summed E-state index contributed by atoms with van der Waals surface area (Å²) in [6, 6.07) is 10.3. The molecule has 1 aromatic heterocycles. The first-order valence-electron chi connectivity index (χ1n) is 11.5. The number of benzene rings is 1. The quantitative estimate of drug-likeness (QED) is 0.533. The molecule has 176 valence electrons. The number of halogens is 1. The first kappa shape index (κ1) is 23.4. The van der Waals surface area contributed by atoms with Gasteiger partial charge >= 0.3 is 12.0 Å². The molecule has 2 aromatic rings. The maximum absolute atomic E-state index is 13.1. The summed E-state index contributed by atoms with van der Waals surface area (Å²) < 4.78 is 11.0. The number of ether oxygens (including phenoxy) is 1. The largest absolute Gasteiger partial charge is 0.468 e. The van der Waals surface area contributed by atoms with Crippen LogP contribution in [-0.2, 0) is 16.1 Å². The molecule has 1 saturated carbocycles. The Morgan fingerprint density at radius 2 is 1.91 bits per heavy atom. The zero-order chi connectivity index (χ0) is 23.2. The molecule has 1 aliphatic carbocycles. The number of esters is 1. The number of nitrogens with zero attached hydrogens (tertiary/aromatic N) is 1. The molecule has 33 heavy (non-hydrogen) atoms. The molecule has 1 aromatic carbocycles. The molecule has 0 spiro atoms. The highest BCUT2D eigenvalue weighted by Gasteiger charge is 2.35. The van der Waals surface area contributed by atoms with E-state index in [2.05, 4.69) is 15.5 Å². The number of rotatable bonds is 8. The van der Waals surface area contributed by atoms with Gasteiger partial charge < -0.3 is 19.8 Å². The Morgan fingerprint density at radius 1 is 1.15 bits per heavy atom. The fraction of sp³-hybridized carbons (Fsp3) is 0.440. The van der Waals surface area contributed by atoms with Crippen LogP contribution in [0.15, 0.2) is 58.3 Å². The summed E-state index contributed by atoms with van der Waals surface area (Å²) in [7, 11) is 0. The van der Waals surface area contributed by atoms with Crippen LogP contribution in [0.1, 0.15) is 56.4 Å². The van der Waals surface area contributed by atoms with Crippen molar-refractivity contribution in [2.45, 2.75) is 57.7 Å². The van der Waals surface area contributed by atoms with Gasteiger partial charge in [-0.05, 0) is 49.6 Å².